The standard InChI is InChI=1S/C20H22N4O4S/c1-11-7-12(2)18(13(3)8-11)24(14(4)25)20-21-15(10-29-20)9-28-19(27)16-5-6-17(26)23-22-16/h7-8,10H,5-6,9H2,1-4H3,(H,23,26). The highest BCUT2D eigenvalue weighted by atomic mass is 32.1. The molecule has 0 saturated heterocycles. The van der Waals surface area contributed by atoms with Gasteiger partial charge >= 0.3 is 5.97 Å². The number of carbonyl (C=O) groups is 3. The lowest BCUT2D eigenvalue weighted by Crippen LogP contribution is -2.30. The SMILES string of the molecule is CC(=O)N(c1nc(COC(=O)C2=NNC(=O)CC2)cs1)c1c(C)cc(C)cc1C. The Kier molecular flexibility index (Phi) is 6.07. The molecule has 2 aromatic rings. The van der Waals surface area contributed by atoms with E-state index in [1.165, 1.54) is 18.3 Å². The Balaban J connectivity index is 1.76. The maximum atomic E-state index is 12.4. The van der Waals surface area contributed by atoms with E-state index in [1.54, 1.807) is 10.3 Å². The van der Waals surface area contributed by atoms with Crippen molar-refractivity contribution in [3.63, 3.8) is 0 Å². The smallest absolute Gasteiger partial charge is 0.354 e. The predicted molar refractivity (Wildman–Crippen MR) is 110 cm³/mol. The summed E-state index contributed by atoms with van der Waals surface area (Å²) in [6, 6.07) is 4.05. The molecule has 0 radical (unpaired) electrons. The van der Waals surface area contributed by atoms with Crippen LogP contribution in [0.3, 0.4) is 0 Å². The quantitative estimate of drug-likeness (QED) is 0.758. The Morgan fingerprint density at radius 1 is 1.21 bits per heavy atom. The van der Waals surface area contributed by atoms with Crippen LogP contribution in [0.5, 0.6) is 0 Å². The normalized spacial score (nSPS) is 13.5. The first-order chi connectivity index (χ1) is 13.8. The Labute approximate surface area is 172 Å². The van der Waals surface area contributed by atoms with Crippen molar-refractivity contribution in [2.24, 2.45) is 5.10 Å². The lowest BCUT2D eigenvalue weighted by molar-refractivity contribution is -0.137. The number of benzene rings is 1. The van der Waals surface area contributed by atoms with E-state index in [2.05, 4.69) is 15.5 Å². The number of hydrazone groups is 1. The van der Waals surface area contributed by atoms with E-state index in [4.69, 9.17) is 4.74 Å². The first-order valence-corrected chi connectivity index (χ1v) is 9.99. The Morgan fingerprint density at radius 3 is 2.48 bits per heavy atom. The first kappa shape index (κ1) is 20.7. The number of anilines is 2. The Bertz CT molecular complexity index is 989. The van der Waals surface area contributed by atoms with Crippen molar-refractivity contribution in [3.8, 4) is 0 Å². The van der Waals surface area contributed by atoms with Crippen LogP contribution in [0.1, 0.15) is 42.1 Å². The lowest BCUT2D eigenvalue weighted by Gasteiger charge is -2.23. The van der Waals surface area contributed by atoms with Crippen LogP contribution >= 0.6 is 11.3 Å². The Morgan fingerprint density at radius 2 is 1.90 bits per heavy atom. The molecule has 9 heteroatoms. The molecule has 3 rings (SSSR count). The zero-order chi connectivity index (χ0) is 21.1. The molecular weight excluding hydrogens is 392 g/mol. The monoisotopic (exact) mass is 414 g/mol. The number of rotatable bonds is 5. The average Bonchev–Trinajstić information content (AvgIpc) is 3.11. The van der Waals surface area contributed by atoms with Gasteiger partial charge in [0.05, 0.1) is 11.4 Å². The number of carbonyl (C=O) groups excluding carboxylic acids is 3. The summed E-state index contributed by atoms with van der Waals surface area (Å²) in [7, 11) is 0. The molecule has 1 aliphatic heterocycles. The number of aromatic nitrogens is 1. The van der Waals surface area contributed by atoms with Gasteiger partial charge in [0.15, 0.2) is 5.13 Å². The number of amides is 2. The average molecular weight is 414 g/mol. The molecule has 2 amide bonds. The second kappa shape index (κ2) is 8.52. The zero-order valence-corrected chi connectivity index (χ0v) is 17.6. The van der Waals surface area contributed by atoms with Crippen molar-refractivity contribution in [3.05, 3.63) is 39.9 Å². The predicted octanol–water partition coefficient (Wildman–Crippen LogP) is 3.06. The highest BCUT2D eigenvalue weighted by Crippen LogP contribution is 2.34. The van der Waals surface area contributed by atoms with Gasteiger partial charge in [0, 0.05) is 25.1 Å². The highest BCUT2D eigenvalue weighted by Gasteiger charge is 2.23. The number of nitrogens with zero attached hydrogens (tertiary/aromatic N) is 3. The minimum Gasteiger partial charge on any atom is -0.455 e. The van der Waals surface area contributed by atoms with E-state index >= 15 is 0 Å². The van der Waals surface area contributed by atoms with Crippen LogP contribution in [-0.4, -0.2) is 28.5 Å². The second-order valence-electron chi connectivity index (χ2n) is 6.89. The molecule has 1 aliphatic rings. The van der Waals surface area contributed by atoms with Crippen LogP contribution in [0.15, 0.2) is 22.6 Å². The van der Waals surface area contributed by atoms with Gasteiger partial charge in [-0.1, -0.05) is 17.7 Å². The van der Waals surface area contributed by atoms with E-state index in [0.717, 1.165) is 22.4 Å². The number of aryl methyl sites for hydroxylation is 3. The van der Waals surface area contributed by atoms with Gasteiger partial charge in [-0.3, -0.25) is 14.5 Å². The van der Waals surface area contributed by atoms with Crippen molar-refractivity contribution < 1.29 is 19.1 Å². The molecule has 8 nitrogen and oxygen atoms in total. The van der Waals surface area contributed by atoms with Crippen molar-refractivity contribution in [1.82, 2.24) is 10.4 Å². The van der Waals surface area contributed by atoms with Crippen LogP contribution in [0.2, 0.25) is 0 Å². The van der Waals surface area contributed by atoms with Gasteiger partial charge < -0.3 is 4.74 Å². The van der Waals surface area contributed by atoms with Crippen LogP contribution in [-0.2, 0) is 25.7 Å². The van der Waals surface area contributed by atoms with Gasteiger partial charge in [-0.25, -0.2) is 15.2 Å². The van der Waals surface area contributed by atoms with Crippen LogP contribution in [0, 0.1) is 20.8 Å². The molecule has 0 fully saturated rings. The van der Waals surface area contributed by atoms with E-state index in [0.29, 0.717) is 10.8 Å². The maximum Gasteiger partial charge on any atom is 0.354 e. The molecule has 0 saturated carbocycles. The van der Waals surface area contributed by atoms with Crippen LogP contribution < -0.4 is 10.3 Å². The largest absolute Gasteiger partial charge is 0.455 e. The number of esters is 1. The molecule has 0 bridgehead atoms. The van der Waals surface area contributed by atoms with Gasteiger partial charge in [-0.15, -0.1) is 11.3 Å². The zero-order valence-electron chi connectivity index (χ0n) is 16.7. The van der Waals surface area contributed by atoms with E-state index in [9.17, 15) is 14.4 Å². The third kappa shape index (κ3) is 4.68. The maximum absolute atomic E-state index is 12.4. The summed E-state index contributed by atoms with van der Waals surface area (Å²) in [5.41, 5.74) is 6.89. The first-order valence-electron chi connectivity index (χ1n) is 9.11. The van der Waals surface area contributed by atoms with Crippen LogP contribution in [0.25, 0.3) is 0 Å². The second-order valence-corrected chi connectivity index (χ2v) is 7.73. The summed E-state index contributed by atoms with van der Waals surface area (Å²) in [6.45, 7) is 7.39. The summed E-state index contributed by atoms with van der Waals surface area (Å²) in [5.74, 6) is -0.963. The molecule has 0 aliphatic carbocycles. The number of hydrogen-bond acceptors (Lipinski definition) is 7. The number of hydrogen-bond donors (Lipinski definition) is 1. The summed E-state index contributed by atoms with van der Waals surface area (Å²) in [5, 5.41) is 5.98. The van der Waals surface area contributed by atoms with Crippen molar-refractivity contribution in [2.75, 3.05) is 4.90 Å². The minimum atomic E-state index is -0.590. The molecule has 0 atom stereocenters. The molecule has 152 valence electrons. The van der Waals surface area contributed by atoms with Gasteiger partial charge in [0.25, 0.3) is 0 Å². The minimum absolute atomic E-state index is 0.0418. The third-order valence-corrected chi connectivity index (χ3v) is 5.27. The summed E-state index contributed by atoms with van der Waals surface area (Å²) >= 11 is 1.31. The van der Waals surface area contributed by atoms with Gasteiger partial charge in [-0.2, -0.15) is 5.10 Å². The summed E-state index contributed by atoms with van der Waals surface area (Å²) in [6.07, 6.45) is 0.453. The molecule has 1 N–H and O–H groups in total. The van der Waals surface area contributed by atoms with Crippen molar-refractivity contribution in [2.45, 2.75) is 47.1 Å². The number of nitrogens with one attached hydrogen (secondary N) is 1. The summed E-state index contributed by atoms with van der Waals surface area (Å²) < 4.78 is 5.24. The van der Waals surface area contributed by atoms with Gasteiger partial charge in [-0.05, 0) is 31.9 Å². The summed E-state index contributed by atoms with van der Waals surface area (Å²) in [4.78, 5) is 41.6. The highest BCUT2D eigenvalue weighted by molar-refractivity contribution is 7.14. The fourth-order valence-electron chi connectivity index (χ4n) is 3.22. The van der Waals surface area contributed by atoms with Crippen LogP contribution in [0.4, 0.5) is 10.8 Å². The number of ether oxygens (including phenoxy) is 1. The Hall–Kier alpha value is -3.07. The molecule has 1 aromatic heterocycles. The van der Waals surface area contributed by atoms with Gasteiger partial charge in [0.2, 0.25) is 11.8 Å². The molecule has 0 unspecified atom stereocenters. The molecule has 29 heavy (non-hydrogen) atoms. The van der Waals surface area contributed by atoms with E-state index < -0.39 is 5.97 Å². The van der Waals surface area contributed by atoms with Crippen molar-refractivity contribution >= 4 is 45.7 Å². The topological polar surface area (TPSA) is 101 Å². The van der Waals surface area contributed by atoms with Crippen molar-refractivity contribution in [1.29, 1.82) is 0 Å². The molecule has 1 aromatic carbocycles. The fourth-order valence-corrected chi connectivity index (χ4v) is 4.08. The fraction of sp³-hybridized carbons (Fsp3) is 0.350. The number of thiazole rings is 1. The molecule has 2 heterocycles. The van der Waals surface area contributed by atoms with E-state index in [1.807, 2.05) is 32.9 Å². The van der Waals surface area contributed by atoms with Gasteiger partial charge in [0.1, 0.15) is 12.3 Å². The molecule has 0 spiro atoms. The van der Waals surface area contributed by atoms with E-state index in [-0.39, 0.29) is 37.0 Å². The third-order valence-electron chi connectivity index (χ3n) is 4.40. The lowest BCUT2D eigenvalue weighted by atomic mass is 10.0. The molecular formula is C20H22N4O4S.